The van der Waals surface area contributed by atoms with Gasteiger partial charge in [-0.3, -0.25) is 0 Å². The molecule has 17 heavy (non-hydrogen) atoms. The van der Waals surface area contributed by atoms with E-state index >= 15 is 0 Å². The third-order valence-electron chi connectivity index (χ3n) is 3.72. The molecule has 4 heteroatoms. The van der Waals surface area contributed by atoms with Gasteiger partial charge in [0.1, 0.15) is 5.82 Å². The Hall–Kier alpha value is -0.900. The zero-order chi connectivity index (χ0) is 12.3. The van der Waals surface area contributed by atoms with E-state index < -0.39 is 0 Å². The highest BCUT2D eigenvalue weighted by Crippen LogP contribution is 2.27. The van der Waals surface area contributed by atoms with Gasteiger partial charge >= 0.3 is 0 Å². The molecule has 0 aliphatic heterocycles. The highest BCUT2D eigenvalue weighted by Gasteiger charge is 2.25. The molecule has 2 rings (SSSR count). The molecule has 1 aromatic rings. The van der Waals surface area contributed by atoms with Crippen molar-refractivity contribution in [2.45, 2.75) is 70.9 Å². The molecule has 1 aromatic heterocycles. The van der Waals surface area contributed by atoms with Crippen LogP contribution in [0.5, 0.6) is 0 Å². The minimum atomic E-state index is 0.245. The maximum Gasteiger partial charge on any atom is 0.150 e. The first-order valence-corrected chi connectivity index (χ1v) is 6.96. The minimum Gasteiger partial charge on any atom is -0.326 e. The van der Waals surface area contributed by atoms with Gasteiger partial charge in [0.2, 0.25) is 0 Å². The van der Waals surface area contributed by atoms with Gasteiger partial charge in [0, 0.05) is 18.9 Å². The zero-order valence-corrected chi connectivity index (χ0v) is 11.0. The Morgan fingerprint density at radius 1 is 1.18 bits per heavy atom. The van der Waals surface area contributed by atoms with Gasteiger partial charge in [-0.05, 0) is 12.8 Å². The normalized spacial score (nSPS) is 25.8. The molecule has 0 saturated heterocycles. The molecule has 0 bridgehead atoms. The molecule has 1 saturated carbocycles. The fraction of sp³-hybridized carbons (Fsp3) is 0.846. The number of nitrogens with zero attached hydrogens (tertiary/aromatic N) is 3. The molecule has 0 aromatic carbocycles. The van der Waals surface area contributed by atoms with Gasteiger partial charge in [-0.2, -0.15) is 5.10 Å². The van der Waals surface area contributed by atoms with E-state index in [0.29, 0.717) is 6.04 Å². The summed E-state index contributed by atoms with van der Waals surface area (Å²) in [5, 5.41) is 4.64. The van der Waals surface area contributed by atoms with Crippen LogP contribution < -0.4 is 5.73 Å². The van der Waals surface area contributed by atoms with Gasteiger partial charge in [0.25, 0.3) is 0 Å². The van der Waals surface area contributed by atoms with Gasteiger partial charge < -0.3 is 5.73 Å². The number of hydrogen-bond donors (Lipinski definition) is 1. The van der Waals surface area contributed by atoms with Crippen molar-refractivity contribution >= 4 is 0 Å². The molecule has 2 N–H and O–H groups in total. The van der Waals surface area contributed by atoms with Crippen LogP contribution in [0, 0.1) is 0 Å². The van der Waals surface area contributed by atoms with Crippen LogP contribution in [0.15, 0.2) is 0 Å². The molecule has 0 spiro atoms. The second-order valence-corrected chi connectivity index (χ2v) is 4.97. The number of hydrogen-bond acceptors (Lipinski definition) is 3. The van der Waals surface area contributed by atoms with Crippen LogP contribution in [0.2, 0.25) is 0 Å². The Bertz CT molecular complexity index is 358. The lowest BCUT2D eigenvalue weighted by molar-refractivity contribution is 0.347. The minimum absolute atomic E-state index is 0.245. The number of aromatic nitrogens is 3. The standard InChI is InChI=1S/C13H24N4/c1-3-12-15-13(4-2)17(16-12)11-9-7-5-6-8-10(11)14/h10-11H,3-9,14H2,1-2H3. The van der Waals surface area contributed by atoms with E-state index in [4.69, 9.17) is 5.73 Å². The van der Waals surface area contributed by atoms with Crippen LogP contribution >= 0.6 is 0 Å². The first-order valence-electron chi connectivity index (χ1n) is 6.96. The Labute approximate surface area is 104 Å². The predicted molar refractivity (Wildman–Crippen MR) is 68.9 cm³/mol. The number of aryl methyl sites for hydroxylation is 2. The van der Waals surface area contributed by atoms with Crippen LogP contribution in [-0.4, -0.2) is 20.8 Å². The van der Waals surface area contributed by atoms with Gasteiger partial charge in [-0.25, -0.2) is 9.67 Å². The number of rotatable bonds is 3. The molecule has 1 fully saturated rings. The molecule has 0 radical (unpaired) electrons. The summed E-state index contributed by atoms with van der Waals surface area (Å²) in [6.45, 7) is 4.24. The van der Waals surface area contributed by atoms with Gasteiger partial charge in [0.15, 0.2) is 5.82 Å². The van der Waals surface area contributed by atoms with Crippen molar-refractivity contribution in [2.24, 2.45) is 5.73 Å². The quantitative estimate of drug-likeness (QED) is 0.819. The maximum atomic E-state index is 6.30. The second kappa shape index (κ2) is 5.63. The summed E-state index contributed by atoms with van der Waals surface area (Å²) < 4.78 is 2.12. The molecule has 2 atom stereocenters. The molecule has 0 amide bonds. The number of nitrogens with two attached hydrogens (primary N) is 1. The van der Waals surface area contributed by atoms with Crippen LogP contribution in [0.25, 0.3) is 0 Å². The lowest BCUT2D eigenvalue weighted by Gasteiger charge is -2.22. The highest BCUT2D eigenvalue weighted by molar-refractivity contribution is 4.97. The van der Waals surface area contributed by atoms with Crippen LogP contribution in [-0.2, 0) is 12.8 Å². The molecule has 2 unspecified atom stereocenters. The molecular weight excluding hydrogens is 212 g/mol. The van der Waals surface area contributed by atoms with Crippen molar-refractivity contribution in [2.75, 3.05) is 0 Å². The SMILES string of the molecule is CCc1nc(CC)n(C2CCCCCC2N)n1. The average Bonchev–Trinajstić information content (AvgIpc) is 2.65. The third kappa shape index (κ3) is 2.68. The van der Waals surface area contributed by atoms with E-state index in [1.54, 1.807) is 0 Å². The summed E-state index contributed by atoms with van der Waals surface area (Å²) in [5.74, 6) is 2.06. The van der Waals surface area contributed by atoms with Crippen molar-refractivity contribution < 1.29 is 0 Å². The van der Waals surface area contributed by atoms with Gasteiger partial charge in [-0.15, -0.1) is 0 Å². The Kier molecular flexibility index (Phi) is 4.15. The second-order valence-electron chi connectivity index (χ2n) is 4.97. The van der Waals surface area contributed by atoms with Gasteiger partial charge in [0.05, 0.1) is 6.04 Å². The first kappa shape index (κ1) is 12.6. The summed E-state index contributed by atoms with van der Waals surface area (Å²) in [5.41, 5.74) is 6.30. The monoisotopic (exact) mass is 236 g/mol. The molecule has 4 nitrogen and oxygen atoms in total. The molecular formula is C13H24N4. The van der Waals surface area contributed by atoms with Crippen molar-refractivity contribution in [1.29, 1.82) is 0 Å². The topological polar surface area (TPSA) is 56.7 Å². The summed E-state index contributed by atoms with van der Waals surface area (Å²) in [6, 6.07) is 0.606. The van der Waals surface area contributed by atoms with E-state index in [0.717, 1.165) is 37.3 Å². The fourth-order valence-corrected chi connectivity index (χ4v) is 2.68. The first-order chi connectivity index (χ1) is 8.26. The van der Waals surface area contributed by atoms with E-state index in [2.05, 4.69) is 28.6 Å². The third-order valence-corrected chi connectivity index (χ3v) is 3.72. The molecule has 1 aliphatic carbocycles. The maximum absolute atomic E-state index is 6.30. The highest BCUT2D eigenvalue weighted by atomic mass is 15.4. The van der Waals surface area contributed by atoms with Crippen LogP contribution in [0.3, 0.4) is 0 Å². The summed E-state index contributed by atoms with van der Waals surface area (Å²) >= 11 is 0. The van der Waals surface area contributed by atoms with Crippen LogP contribution in [0.1, 0.15) is 63.6 Å². The smallest absolute Gasteiger partial charge is 0.150 e. The van der Waals surface area contributed by atoms with Crippen molar-refractivity contribution in [3.8, 4) is 0 Å². The lowest BCUT2D eigenvalue weighted by Crippen LogP contribution is -2.32. The average molecular weight is 236 g/mol. The Morgan fingerprint density at radius 2 is 1.94 bits per heavy atom. The van der Waals surface area contributed by atoms with E-state index in [1.807, 2.05) is 0 Å². The largest absolute Gasteiger partial charge is 0.326 e. The molecule has 96 valence electrons. The molecule has 1 heterocycles. The van der Waals surface area contributed by atoms with E-state index in [9.17, 15) is 0 Å². The lowest BCUT2D eigenvalue weighted by atomic mass is 10.0. The van der Waals surface area contributed by atoms with Crippen molar-refractivity contribution in [1.82, 2.24) is 14.8 Å². The van der Waals surface area contributed by atoms with Crippen molar-refractivity contribution in [3.63, 3.8) is 0 Å². The summed E-state index contributed by atoms with van der Waals surface area (Å²) in [6.07, 6.45) is 7.95. The Balaban J connectivity index is 2.26. The zero-order valence-electron chi connectivity index (χ0n) is 11.0. The molecule has 1 aliphatic rings. The van der Waals surface area contributed by atoms with Crippen LogP contribution in [0.4, 0.5) is 0 Å². The van der Waals surface area contributed by atoms with E-state index in [-0.39, 0.29) is 6.04 Å². The Morgan fingerprint density at radius 3 is 2.65 bits per heavy atom. The van der Waals surface area contributed by atoms with Crippen molar-refractivity contribution in [3.05, 3.63) is 11.6 Å². The predicted octanol–water partition coefficient (Wildman–Crippen LogP) is 2.24. The van der Waals surface area contributed by atoms with E-state index in [1.165, 1.54) is 19.3 Å². The summed E-state index contributed by atoms with van der Waals surface area (Å²) in [4.78, 5) is 4.58. The summed E-state index contributed by atoms with van der Waals surface area (Å²) in [7, 11) is 0. The van der Waals surface area contributed by atoms with Gasteiger partial charge in [-0.1, -0.05) is 33.1 Å². The fourth-order valence-electron chi connectivity index (χ4n) is 2.68.